The van der Waals surface area contributed by atoms with Gasteiger partial charge < -0.3 is 15.4 Å². The van der Waals surface area contributed by atoms with Gasteiger partial charge in [0.2, 0.25) is 0 Å². The third-order valence-electron chi connectivity index (χ3n) is 4.13. The van der Waals surface area contributed by atoms with Crippen molar-refractivity contribution in [1.29, 1.82) is 0 Å². The molecule has 1 saturated carbocycles. The minimum Gasteiger partial charge on any atom is -0.368 e. The van der Waals surface area contributed by atoms with Gasteiger partial charge in [-0.05, 0) is 44.9 Å². The Labute approximate surface area is 110 Å². The molecular weight excluding hydrogens is 228 g/mol. The third kappa shape index (κ3) is 3.23. The van der Waals surface area contributed by atoms with E-state index in [0.717, 1.165) is 58.1 Å². The Morgan fingerprint density at radius 3 is 2.56 bits per heavy atom. The van der Waals surface area contributed by atoms with Crippen LogP contribution >= 0.6 is 0 Å². The molecule has 0 aromatic carbocycles. The second-order valence-corrected chi connectivity index (χ2v) is 5.60. The smallest absolute Gasteiger partial charge is 0.251 e. The summed E-state index contributed by atoms with van der Waals surface area (Å²) < 4.78 is 5.54. The standard InChI is InChI=1S/C14H26N2O2/c1-2-9-16(12-7-5-11(15)6-8-12)14(17)13-4-3-10-18-13/h11-13H,2-10,15H2,1H3/t11?,12?,13-/m1/s1. The topological polar surface area (TPSA) is 55.6 Å². The van der Waals surface area contributed by atoms with Crippen molar-refractivity contribution >= 4 is 5.91 Å². The first-order valence-corrected chi connectivity index (χ1v) is 7.40. The highest BCUT2D eigenvalue weighted by Gasteiger charge is 2.33. The van der Waals surface area contributed by atoms with E-state index in [1.165, 1.54) is 0 Å². The van der Waals surface area contributed by atoms with E-state index in [1.54, 1.807) is 0 Å². The molecule has 2 aliphatic rings. The first-order chi connectivity index (χ1) is 8.72. The zero-order chi connectivity index (χ0) is 13.0. The van der Waals surface area contributed by atoms with Gasteiger partial charge in [0.25, 0.3) is 5.91 Å². The number of nitrogens with two attached hydrogens (primary N) is 1. The van der Waals surface area contributed by atoms with Crippen molar-refractivity contribution in [1.82, 2.24) is 4.90 Å². The second kappa shape index (κ2) is 6.53. The Kier molecular flexibility index (Phi) is 5.01. The maximum absolute atomic E-state index is 12.5. The van der Waals surface area contributed by atoms with Gasteiger partial charge in [0.15, 0.2) is 0 Å². The molecule has 104 valence electrons. The number of hydrogen-bond donors (Lipinski definition) is 1. The molecule has 0 aromatic heterocycles. The van der Waals surface area contributed by atoms with Crippen molar-refractivity contribution in [2.24, 2.45) is 5.73 Å². The van der Waals surface area contributed by atoms with Gasteiger partial charge in [-0.1, -0.05) is 6.92 Å². The zero-order valence-corrected chi connectivity index (χ0v) is 11.4. The largest absolute Gasteiger partial charge is 0.368 e. The number of carbonyl (C=O) groups excluding carboxylic acids is 1. The Balaban J connectivity index is 1.95. The lowest BCUT2D eigenvalue weighted by Gasteiger charge is -2.37. The lowest BCUT2D eigenvalue weighted by molar-refractivity contribution is -0.144. The van der Waals surface area contributed by atoms with Crippen LogP contribution < -0.4 is 5.73 Å². The molecule has 1 heterocycles. The number of amides is 1. The highest BCUT2D eigenvalue weighted by atomic mass is 16.5. The van der Waals surface area contributed by atoms with Crippen molar-refractivity contribution in [2.75, 3.05) is 13.2 Å². The summed E-state index contributed by atoms with van der Waals surface area (Å²) in [5, 5.41) is 0. The van der Waals surface area contributed by atoms with Gasteiger partial charge in [0.05, 0.1) is 0 Å². The van der Waals surface area contributed by atoms with Gasteiger partial charge in [0.1, 0.15) is 6.10 Å². The molecule has 2 N–H and O–H groups in total. The maximum atomic E-state index is 12.5. The van der Waals surface area contributed by atoms with Gasteiger partial charge in [-0.15, -0.1) is 0 Å². The van der Waals surface area contributed by atoms with E-state index >= 15 is 0 Å². The van der Waals surface area contributed by atoms with E-state index in [4.69, 9.17) is 10.5 Å². The lowest BCUT2D eigenvalue weighted by atomic mass is 9.90. The van der Waals surface area contributed by atoms with Crippen molar-refractivity contribution in [3.8, 4) is 0 Å². The maximum Gasteiger partial charge on any atom is 0.251 e. The first-order valence-electron chi connectivity index (χ1n) is 7.40. The number of ether oxygens (including phenoxy) is 1. The van der Waals surface area contributed by atoms with Crippen LogP contribution in [0.3, 0.4) is 0 Å². The van der Waals surface area contributed by atoms with Gasteiger partial charge in [-0.25, -0.2) is 0 Å². The average Bonchev–Trinajstić information content (AvgIpc) is 2.90. The van der Waals surface area contributed by atoms with Crippen LogP contribution in [0.1, 0.15) is 51.9 Å². The average molecular weight is 254 g/mol. The van der Waals surface area contributed by atoms with Crippen LogP contribution in [0.5, 0.6) is 0 Å². The Morgan fingerprint density at radius 1 is 1.28 bits per heavy atom. The Bertz CT molecular complexity index is 269. The zero-order valence-electron chi connectivity index (χ0n) is 11.4. The SMILES string of the molecule is CCCN(C(=O)[C@H]1CCCO1)C1CCC(N)CC1. The summed E-state index contributed by atoms with van der Waals surface area (Å²) in [6.07, 6.45) is 6.96. The molecule has 1 amide bonds. The summed E-state index contributed by atoms with van der Waals surface area (Å²) in [5.74, 6) is 0.217. The minimum atomic E-state index is -0.174. The summed E-state index contributed by atoms with van der Waals surface area (Å²) in [6, 6.07) is 0.726. The van der Waals surface area contributed by atoms with Crippen molar-refractivity contribution in [2.45, 2.75) is 70.1 Å². The van der Waals surface area contributed by atoms with Crippen LogP contribution in [0.4, 0.5) is 0 Å². The molecule has 1 aliphatic carbocycles. The summed E-state index contributed by atoms with van der Waals surface area (Å²) in [5.41, 5.74) is 5.94. The Morgan fingerprint density at radius 2 is 2.00 bits per heavy atom. The van der Waals surface area contributed by atoms with Crippen LogP contribution in [-0.2, 0) is 9.53 Å². The molecule has 18 heavy (non-hydrogen) atoms. The summed E-state index contributed by atoms with van der Waals surface area (Å²) in [4.78, 5) is 14.6. The number of hydrogen-bond acceptors (Lipinski definition) is 3. The van der Waals surface area contributed by atoms with E-state index in [0.29, 0.717) is 12.1 Å². The molecular formula is C14H26N2O2. The minimum absolute atomic E-state index is 0.174. The van der Waals surface area contributed by atoms with E-state index in [9.17, 15) is 4.79 Å². The van der Waals surface area contributed by atoms with Crippen molar-refractivity contribution < 1.29 is 9.53 Å². The molecule has 0 bridgehead atoms. The van der Waals surface area contributed by atoms with Crippen LogP contribution in [0, 0.1) is 0 Å². The fraction of sp³-hybridized carbons (Fsp3) is 0.929. The van der Waals surface area contributed by atoms with Crippen LogP contribution in [-0.4, -0.2) is 42.1 Å². The molecule has 0 aromatic rings. The molecule has 0 spiro atoms. The lowest BCUT2D eigenvalue weighted by Crippen LogP contribution is -2.48. The molecule has 1 atom stereocenters. The molecule has 2 rings (SSSR count). The second-order valence-electron chi connectivity index (χ2n) is 5.60. The highest BCUT2D eigenvalue weighted by Crippen LogP contribution is 2.25. The van der Waals surface area contributed by atoms with Crippen LogP contribution in [0.2, 0.25) is 0 Å². The molecule has 1 aliphatic heterocycles. The summed E-state index contributed by atoms with van der Waals surface area (Å²) in [6.45, 7) is 3.73. The van der Waals surface area contributed by atoms with E-state index in [-0.39, 0.29) is 12.0 Å². The highest BCUT2D eigenvalue weighted by molar-refractivity contribution is 5.81. The van der Waals surface area contributed by atoms with Gasteiger partial charge in [-0.3, -0.25) is 4.79 Å². The quantitative estimate of drug-likeness (QED) is 0.830. The predicted octanol–water partition coefficient (Wildman–Crippen LogP) is 1.67. The van der Waals surface area contributed by atoms with Gasteiger partial charge >= 0.3 is 0 Å². The fourth-order valence-electron chi connectivity index (χ4n) is 3.08. The van der Waals surface area contributed by atoms with Gasteiger partial charge in [0, 0.05) is 25.2 Å². The van der Waals surface area contributed by atoms with Gasteiger partial charge in [-0.2, -0.15) is 0 Å². The molecule has 4 nitrogen and oxygen atoms in total. The fourth-order valence-corrected chi connectivity index (χ4v) is 3.08. The van der Waals surface area contributed by atoms with E-state index < -0.39 is 0 Å². The van der Waals surface area contributed by atoms with Crippen LogP contribution in [0.15, 0.2) is 0 Å². The molecule has 0 unspecified atom stereocenters. The van der Waals surface area contributed by atoms with E-state index in [2.05, 4.69) is 11.8 Å². The van der Waals surface area contributed by atoms with Crippen LogP contribution in [0.25, 0.3) is 0 Å². The predicted molar refractivity (Wildman–Crippen MR) is 71.2 cm³/mol. The molecule has 1 saturated heterocycles. The molecule has 4 heteroatoms. The third-order valence-corrected chi connectivity index (χ3v) is 4.13. The first kappa shape index (κ1) is 13.8. The number of rotatable bonds is 4. The normalized spacial score (nSPS) is 32.4. The van der Waals surface area contributed by atoms with E-state index in [1.807, 2.05) is 0 Å². The number of nitrogens with zero attached hydrogens (tertiary/aromatic N) is 1. The van der Waals surface area contributed by atoms with Crippen molar-refractivity contribution in [3.05, 3.63) is 0 Å². The summed E-state index contributed by atoms with van der Waals surface area (Å²) in [7, 11) is 0. The molecule has 2 fully saturated rings. The number of carbonyl (C=O) groups is 1. The van der Waals surface area contributed by atoms with Crippen molar-refractivity contribution in [3.63, 3.8) is 0 Å². The summed E-state index contributed by atoms with van der Waals surface area (Å²) >= 11 is 0. The molecule has 0 radical (unpaired) electrons. The monoisotopic (exact) mass is 254 g/mol. The Hall–Kier alpha value is -0.610.